The van der Waals surface area contributed by atoms with Crippen LogP contribution in [-0.2, 0) is 10.5 Å². The molecule has 1 N–H and O–H groups in total. The van der Waals surface area contributed by atoms with Crippen molar-refractivity contribution in [3.63, 3.8) is 0 Å². The molecule has 0 aliphatic heterocycles. The van der Waals surface area contributed by atoms with E-state index in [1.807, 2.05) is 0 Å². The Balaban J connectivity index is 0.00000361. The normalized spacial score (nSPS) is 11.7. The summed E-state index contributed by atoms with van der Waals surface area (Å²) in [6.07, 6.45) is 0. The minimum atomic E-state index is -5.59. The monoisotopic (exact) mass is 340 g/mol. The zero-order valence-electron chi connectivity index (χ0n) is 10.2. The molecule has 0 bridgehead atoms. The van der Waals surface area contributed by atoms with Crippen molar-refractivity contribution in [3.05, 3.63) is 23.3 Å². The summed E-state index contributed by atoms with van der Waals surface area (Å²) in [6, 6.07) is 0.564. The fourth-order valence-corrected chi connectivity index (χ4v) is 1.70. The summed E-state index contributed by atoms with van der Waals surface area (Å²) in [6.45, 7) is -4.60. The first-order valence-corrected chi connectivity index (χ1v) is 5.94. The van der Waals surface area contributed by atoms with Crippen LogP contribution in [-0.4, -0.2) is 26.5 Å². The second-order valence-electron chi connectivity index (χ2n) is 3.55. The Morgan fingerprint density at radius 1 is 1.30 bits per heavy atom. The average molecular weight is 340 g/mol. The second kappa shape index (κ2) is 6.75. The predicted molar refractivity (Wildman–Crippen MR) is 57.5 cm³/mol. The van der Waals surface area contributed by atoms with E-state index in [1.54, 1.807) is 0 Å². The predicted octanol–water partition coefficient (Wildman–Crippen LogP) is -1.66. The van der Waals surface area contributed by atoms with Crippen molar-refractivity contribution in [2.75, 3.05) is 0 Å². The van der Waals surface area contributed by atoms with Crippen molar-refractivity contribution in [1.82, 2.24) is 0 Å². The standard InChI is InChI=1S/C8H6BF4O5S.K/c1-4-6(8(14)15)2-5(9(10,11)12)3-7(4)18-19(13,16)17;/h2-3H,1H3,(H,14,15);/q-1;+1. The van der Waals surface area contributed by atoms with Crippen molar-refractivity contribution in [2.45, 2.75) is 6.92 Å². The molecule has 0 saturated heterocycles. The molecular weight excluding hydrogens is 334 g/mol. The van der Waals surface area contributed by atoms with Gasteiger partial charge in [0.15, 0.2) is 0 Å². The Kier molecular flexibility index (Phi) is 6.70. The first-order chi connectivity index (χ1) is 8.42. The fourth-order valence-electron chi connectivity index (χ4n) is 1.31. The largest absolute Gasteiger partial charge is 1.00 e. The van der Waals surface area contributed by atoms with E-state index in [0.29, 0.717) is 6.07 Å². The van der Waals surface area contributed by atoms with Crippen LogP contribution >= 0.6 is 0 Å². The quantitative estimate of drug-likeness (QED) is 0.403. The molecule has 0 unspecified atom stereocenters. The van der Waals surface area contributed by atoms with E-state index < -0.39 is 45.8 Å². The molecule has 0 heterocycles. The zero-order chi connectivity index (χ0) is 15.0. The van der Waals surface area contributed by atoms with Crippen molar-refractivity contribution >= 4 is 28.9 Å². The van der Waals surface area contributed by atoms with E-state index in [4.69, 9.17) is 5.11 Å². The third kappa shape index (κ3) is 5.33. The molecule has 1 aromatic rings. The molecule has 0 radical (unpaired) electrons. The van der Waals surface area contributed by atoms with Gasteiger partial charge in [-0.3, -0.25) is 0 Å². The number of hydrogen-bond donors (Lipinski definition) is 1. The van der Waals surface area contributed by atoms with Crippen LogP contribution < -0.4 is 61.0 Å². The molecule has 0 atom stereocenters. The molecule has 0 aromatic heterocycles. The summed E-state index contributed by atoms with van der Waals surface area (Å²) in [5.74, 6) is -2.74. The van der Waals surface area contributed by atoms with Crippen LogP contribution in [0.1, 0.15) is 15.9 Å². The molecule has 0 aliphatic rings. The summed E-state index contributed by atoms with van der Waals surface area (Å²) < 4.78 is 74.3. The minimum Gasteiger partial charge on any atom is -0.478 e. The van der Waals surface area contributed by atoms with Crippen LogP contribution in [0.25, 0.3) is 0 Å². The first kappa shape index (κ1) is 19.9. The Morgan fingerprint density at radius 2 is 1.80 bits per heavy atom. The van der Waals surface area contributed by atoms with Crippen LogP contribution in [0.4, 0.5) is 16.8 Å². The van der Waals surface area contributed by atoms with E-state index in [-0.39, 0.29) is 57.5 Å². The smallest absolute Gasteiger partial charge is 0.478 e. The number of carbonyl (C=O) groups is 1. The van der Waals surface area contributed by atoms with E-state index in [2.05, 4.69) is 4.18 Å². The third-order valence-corrected chi connectivity index (χ3v) is 2.56. The molecule has 106 valence electrons. The van der Waals surface area contributed by atoms with Gasteiger partial charge < -0.3 is 22.2 Å². The first-order valence-electron chi connectivity index (χ1n) is 4.63. The van der Waals surface area contributed by atoms with Crippen LogP contribution in [0.2, 0.25) is 0 Å². The van der Waals surface area contributed by atoms with Gasteiger partial charge >= 0.3 is 74.8 Å². The third-order valence-electron chi connectivity index (χ3n) is 2.18. The summed E-state index contributed by atoms with van der Waals surface area (Å²) in [4.78, 5) is 10.8. The van der Waals surface area contributed by atoms with Crippen LogP contribution in [0.3, 0.4) is 0 Å². The van der Waals surface area contributed by atoms with Crippen LogP contribution in [0, 0.1) is 6.92 Å². The van der Waals surface area contributed by atoms with Crippen molar-refractivity contribution in [2.24, 2.45) is 0 Å². The Bertz CT molecular complexity index is 630. The van der Waals surface area contributed by atoms with Gasteiger partial charge in [-0.05, 0) is 13.0 Å². The summed E-state index contributed by atoms with van der Waals surface area (Å²) >= 11 is 0. The van der Waals surface area contributed by atoms with Crippen molar-refractivity contribution < 1.29 is 90.7 Å². The number of hydrogen-bond acceptors (Lipinski definition) is 4. The molecule has 0 aliphatic carbocycles. The topological polar surface area (TPSA) is 80.7 Å². The van der Waals surface area contributed by atoms with Gasteiger partial charge in [0.1, 0.15) is 5.75 Å². The second-order valence-corrected chi connectivity index (χ2v) is 4.50. The molecule has 1 aromatic carbocycles. The van der Waals surface area contributed by atoms with Gasteiger partial charge in [-0.1, -0.05) is 9.95 Å². The van der Waals surface area contributed by atoms with E-state index in [1.165, 1.54) is 0 Å². The molecular formula is C8H6BF4KO5S. The summed E-state index contributed by atoms with van der Waals surface area (Å²) in [7, 11) is -5.56. The van der Waals surface area contributed by atoms with Gasteiger partial charge in [0.05, 0.1) is 5.56 Å². The SMILES string of the molecule is Cc1c(OS(=O)(=O)F)cc([B-](F)(F)F)cc1C(=O)O.[K+]. The van der Waals surface area contributed by atoms with Gasteiger partial charge in [0, 0.05) is 5.56 Å². The number of carboxylic acids is 1. The number of benzene rings is 1. The number of aromatic carboxylic acids is 1. The van der Waals surface area contributed by atoms with Gasteiger partial charge in [-0.2, -0.15) is 8.42 Å². The minimum absolute atomic E-state index is 0. The summed E-state index contributed by atoms with van der Waals surface area (Å²) in [5, 5.41) is 8.72. The van der Waals surface area contributed by atoms with Gasteiger partial charge in [0.2, 0.25) is 0 Å². The average Bonchev–Trinajstić information content (AvgIpc) is 2.16. The number of halogens is 4. The Labute approximate surface area is 154 Å². The molecule has 0 saturated carbocycles. The van der Waals surface area contributed by atoms with E-state index in [9.17, 15) is 30.0 Å². The number of rotatable bonds is 4. The number of carboxylic acid groups (broad SMARTS) is 1. The molecule has 5 nitrogen and oxygen atoms in total. The molecule has 0 amide bonds. The molecule has 0 spiro atoms. The molecule has 1 rings (SSSR count). The van der Waals surface area contributed by atoms with E-state index >= 15 is 0 Å². The fraction of sp³-hybridized carbons (Fsp3) is 0.125. The van der Waals surface area contributed by atoms with Crippen molar-refractivity contribution in [3.8, 4) is 5.75 Å². The maximum Gasteiger partial charge on any atom is 1.00 e. The molecule has 20 heavy (non-hydrogen) atoms. The van der Waals surface area contributed by atoms with Crippen molar-refractivity contribution in [1.29, 1.82) is 0 Å². The van der Waals surface area contributed by atoms with Gasteiger partial charge in [-0.15, -0.1) is 5.46 Å². The molecule has 12 heteroatoms. The van der Waals surface area contributed by atoms with Gasteiger partial charge in [0.25, 0.3) is 0 Å². The molecule has 0 fully saturated rings. The zero-order valence-corrected chi connectivity index (χ0v) is 14.2. The van der Waals surface area contributed by atoms with Gasteiger partial charge in [-0.25, -0.2) is 4.79 Å². The van der Waals surface area contributed by atoms with E-state index in [0.717, 1.165) is 6.92 Å². The van der Waals surface area contributed by atoms with Crippen LogP contribution in [0.15, 0.2) is 12.1 Å². The maximum atomic E-state index is 12.5. The summed E-state index contributed by atoms with van der Waals surface area (Å²) in [5.41, 5.74) is -2.66. The Morgan fingerprint density at radius 3 is 2.15 bits per heavy atom. The Hall–Kier alpha value is -0.139. The maximum absolute atomic E-state index is 12.5. The van der Waals surface area contributed by atoms with Crippen LogP contribution in [0.5, 0.6) is 5.75 Å².